The molecule has 0 saturated heterocycles. The van der Waals surface area contributed by atoms with Crippen LogP contribution < -0.4 is 10.3 Å². The summed E-state index contributed by atoms with van der Waals surface area (Å²) >= 11 is 1.40. The zero-order valence-corrected chi connectivity index (χ0v) is 24.0. The van der Waals surface area contributed by atoms with Crippen LogP contribution in [0.15, 0.2) is 83.1 Å². The van der Waals surface area contributed by atoms with Crippen molar-refractivity contribution in [2.45, 2.75) is 39.0 Å². The number of nitrogens with zero attached hydrogens (tertiary/aromatic N) is 4. The van der Waals surface area contributed by atoms with Gasteiger partial charge in [0.2, 0.25) is 5.91 Å². The van der Waals surface area contributed by atoms with E-state index in [0.29, 0.717) is 30.2 Å². The van der Waals surface area contributed by atoms with E-state index in [4.69, 9.17) is 9.72 Å². The van der Waals surface area contributed by atoms with Crippen LogP contribution in [0.25, 0.3) is 16.7 Å². The Morgan fingerprint density at radius 1 is 1.09 bits per heavy atom. The standard InChI is InChI=1S/C31H26F4N4O3S/c1-3-42-22-11-9-21(10-12-22)39-29(37-28-24(30(39)41)7-4-14-36-28)19(2)38(18-23-6-5-15-43-23)27(40)17-20-8-13-26(32)25(16-20)31(33,34)35/h4-16,19H,3,17-18H2,1-2H3/t19-/m1/s1. The largest absolute Gasteiger partial charge is 0.494 e. The van der Waals surface area contributed by atoms with E-state index in [1.54, 1.807) is 43.3 Å². The smallest absolute Gasteiger partial charge is 0.419 e. The molecule has 5 aromatic rings. The molecule has 0 aliphatic carbocycles. The highest BCUT2D eigenvalue weighted by atomic mass is 32.1. The normalized spacial score (nSPS) is 12.3. The minimum atomic E-state index is -4.91. The van der Waals surface area contributed by atoms with Crippen LogP contribution in [0.3, 0.4) is 0 Å². The quantitative estimate of drug-likeness (QED) is 0.173. The number of aromatic nitrogens is 3. The van der Waals surface area contributed by atoms with Gasteiger partial charge >= 0.3 is 6.18 Å². The number of ether oxygens (including phenoxy) is 1. The summed E-state index contributed by atoms with van der Waals surface area (Å²) in [5.41, 5.74) is -1.18. The fourth-order valence-corrected chi connectivity index (χ4v) is 5.45. The van der Waals surface area contributed by atoms with E-state index in [1.807, 2.05) is 24.4 Å². The van der Waals surface area contributed by atoms with Crippen molar-refractivity contribution >= 4 is 28.3 Å². The van der Waals surface area contributed by atoms with Crippen LogP contribution in [0.4, 0.5) is 17.6 Å². The van der Waals surface area contributed by atoms with Crippen molar-refractivity contribution < 1.29 is 27.1 Å². The zero-order chi connectivity index (χ0) is 30.7. The first-order valence-electron chi connectivity index (χ1n) is 13.3. The van der Waals surface area contributed by atoms with Gasteiger partial charge in [-0.3, -0.25) is 14.2 Å². The molecule has 0 bridgehead atoms. The summed E-state index contributed by atoms with van der Waals surface area (Å²) in [7, 11) is 0. The molecule has 0 N–H and O–H groups in total. The first-order valence-corrected chi connectivity index (χ1v) is 14.2. The summed E-state index contributed by atoms with van der Waals surface area (Å²) in [6.45, 7) is 4.11. The van der Waals surface area contributed by atoms with E-state index in [1.165, 1.54) is 27.0 Å². The highest BCUT2D eigenvalue weighted by molar-refractivity contribution is 7.09. The van der Waals surface area contributed by atoms with Crippen molar-refractivity contribution in [1.82, 2.24) is 19.4 Å². The Kier molecular flexibility index (Phi) is 8.58. The maximum absolute atomic E-state index is 13.9. The Morgan fingerprint density at radius 3 is 2.53 bits per heavy atom. The Bertz CT molecular complexity index is 1810. The predicted molar refractivity (Wildman–Crippen MR) is 155 cm³/mol. The van der Waals surface area contributed by atoms with Gasteiger partial charge in [0, 0.05) is 11.1 Å². The number of pyridine rings is 1. The van der Waals surface area contributed by atoms with Crippen LogP contribution in [0.5, 0.6) is 5.75 Å². The number of carbonyl (C=O) groups is 1. The highest BCUT2D eigenvalue weighted by Gasteiger charge is 2.35. The Morgan fingerprint density at radius 2 is 1.86 bits per heavy atom. The molecule has 0 aliphatic rings. The SMILES string of the molecule is CCOc1ccc(-n2c([C@@H](C)N(Cc3cccs3)C(=O)Cc3ccc(F)c(C(F)(F)F)c3)nc3ncccc3c2=O)cc1. The van der Waals surface area contributed by atoms with Gasteiger partial charge in [-0.15, -0.1) is 11.3 Å². The number of rotatable bonds is 9. The molecule has 0 radical (unpaired) electrons. The van der Waals surface area contributed by atoms with Crippen LogP contribution >= 0.6 is 11.3 Å². The van der Waals surface area contributed by atoms with Gasteiger partial charge < -0.3 is 9.64 Å². The number of hydrogen-bond acceptors (Lipinski definition) is 6. The fourth-order valence-electron chi connectivity index (χ4n) is 4.75. The Balaban J connectivity index is 1.60. The van der Waals surface area contributed by atoms with Gasteiger partial charge in [-0.1, -0.05) is 12.1 Å². The van der Waals surface area contributed by atoms with Crippen LogP contribution in [0.1, 0.15) is 41.7 Å². The highest BCUT2D eigenvalue weighted by Crippen LogP contribution is 2.33. The molecule has 0 unspecified atom stereocenters. The summed E-state index contributed by atoms with van der Waals surface area (Å²) in [6.07, 6.45) is -3.84. The number of benzene rings is 2. The van der Waals surface area contributed by atoms with Gasteiger partial charge in [0.05, 0.1) is 42.3 Å². The van der Waals surface area contributed by atoms with Gasteiger partial charge in [-0.2, -0.15) is 13.2 Å². The average molecular weight is 611 g/mol. The monoisotopic (exact) mass is 610 g/mol. The molecule has 2 aromatic carbocycles. The number of thiophene rings is 1. The average Bonchev–Trinajstić information content (AvgIpc) is 3.50. The molecule has 1 amide bonds. The molecular formula is C31H26F4N4O3S. The molecule has 222 valence electrons. The summed E-state index contributed by atoms with van der Waals surface area (Å²) in [4.78, 5) is 38.9. The number of halogens is 4. The second-order valence-corrected chi connectivity index (χ2v) is 10.7. The van der Waals surface area contributed by atoms with Crippen LogP contribution in [-0.2, 0) is 23.9 Å². The van der Waals surface area contributed by atoms with E-state index in [0.717, 1.165) is 10.9 Å². The van der Waals surface area contributed by atoms with Gasteiger partial charge in [0.25, 0.3) is 5.56 Å². The predicted octanol–water partition coefficient (Wildman–Crippen LogP) is 6.73. The lowest BCUT2D eigenvalue weighted by molar-refractivity contribution is -0.140. The van der Waals surface area contributed by atoms with Gasteiger partial charge in [-0.05, 0) is 79.4 Å². The molecule has 5 rings (SSSR count). The van der Waals surface area contributed by atoms with E-state index in [-0.39, 0.29) is 29.0 Å². The van der Waals surface area contributed by atoms with E-state index in [2.05, 4.69) is 4.98 Å². The maximum Gasteiger partial charge on any atom is 0.419 e. The number of carbonyl (C=O) groups excluding carboxylic acids is 1. The minimum Gasteiger partial charge on any atom is -0.494 e. The molecular weight excluding hydrogens is 584 g/mol. The summed E-state index contributed by atoms with van der Waals surface area (Å²) < 4.78 is 61.0. The van der Waals surface area contributed by atoms with Gasteiger partial charge in [0.1, 0.15) is 17.4 Å². The maximum atomic E-state index is 13.9. The van der Waals surface area contributed by atoms with Crippen molar-refractivity contribution in [2.75, 3.05) is 6.61 Å². The first-order chi connectivity index (χ1) is 20.6. The zero-order valence-electron chi connectivity index (χ0n) is 23.1. The van der Waals surface area contributed by atoms with Gasteiger partial charge in [-0.25, -0.2) is 14.4 Å². The third-order valence-electron chi connectivity index (χ3n) is 6.83. The molecule has 12 heteroatoms. The summed E-state index contributed by atoms with van der Waals surface area (Å²) in [6, 6.07) is 15.4. The van der Waals surface area contributed by atoms with Gasteiger partial charge in [0.15, 0.2) is 5.65 Å². The molecule has 0 saturated carbocycles. The fraction of sp³-hybridized carbons (Fsp3) is 0.226. The molecule has 3 aromatic heterocycles. The van der Waals surface area contributed by atoms with Crippen LogP contribution in [0.2, 0.25) is 0 Å². The lowest BCUT2D eigenvalue weighted by atomic mass is 10.1. The third-order valence-corrected chi connectivity index (χ3v) is 7.70. The van der Waals surface area contributed by atoms with E-state index >= 15 is 0 Å². The van der Waals surface area contributed by atoms with Crippen molar-refractivity contribution in [1.29, 1.82) is 0 Å². The van der Waals surface area contributed by atoms with Crippen molar-refractivity contribution in [3.8, 4) is 11.4 Å². The number of alkyl halides is 3. The summed E-state index contributed by atoms with van der Waals surface area (Å²) in [5.74, 6) is -1.13. The lowest BCUT2D eigenvalue weighted by Crippen LogP contribution is -2.38. The lowest BCUT2D eigenvalue weighted by Gasteiger charge is -2.30. The molecule has 7 nitrogen and oxygen atoms in total. The molecule has 1 atom stereocenters. The number of hydrogen-bond donors (Lipinski definition) is 0. The van der Waals surface area contributed by atoms with Crippen LogP contribution in [0, 0.1) is 5.82 Å². The molecule has 3 heterocycles. The van der Waals surface area contributed by atoms with E-state index < -0.39 is 41.5 Å². The minimum absolute atomic E-state index is 0.000791. The topological polar surface area (TPSA) is 77.3 Å². The summed E-state index contributed by atoms with van der Waals surface area (Å²) in [5, 5.41) is 2.11. The number of amides is 1. The molecule has 43 heavy (non-hydrogen) atoms. The Hall–Kier alpha value is -4.58. The first kappa shape index (κ1) is 29.9. The Labute approximate surface area is 248 Å². The van der Waals surface area contributed by atoms with Crippen molar-refractivity contribution in [3.05, 3.63) is 116 Å². The van der Waals surface area contributed by atoms with Crippen molar-refractivity contribution in [2.24, 2.45) is 0 Å². The molecule has 0 fully saturated rings. The van der Waals surface area contributed by atoms with Crippen LogP contribution in [-0.4, -0.2) is 31.9 Å². The number of fused-ring (bicyclic) bond motifs is 1. The molecule has 0 aliphatic heterocycles. The van der Waals surface area contributed by atoms with Crippen molar-refractivity contribution in [3.63, 3.8) is 0 Å². The third kappa shape index (κ3) is 6.43. The second-order valence-electron chi connectivity index (χ2n) is 9.68. The molecule has 0 spiro atoms. The second kappa shape index (κ2) is 12.3. The van der Waals surface area contributed by atoms with E-state index in [9.17, 15) is 27.2 Å².